The summed E-state index contributed by atoms with van der Waals surface area (Å²) in [6, 6.07) is 11.5. The van der Waals surface area contributed by atoms with Gasteiger partial charge in [-0.1, -0.05) is 51.4 Å². The number of aryl methyl sites for hydroxylation is 1. The molecule has 1 heterocycles. The lowest BCUT2D eigenvalue weighted by atomic mass is 10.2. The Hall–Kier alpha value is -1.54. The van der Waals surface area contributed by atoms with Crippen molar-refractivity contribution < 1.29 is 9.53 Å². The number of halogens is 2. The van der Waals surface area contributed by atoms with Gasteiger partial charge in [0.15, 0.2) is 4.34 Å². The third kappa shape index (κ3) is 5.25. The molecular weight excluding hydrogens is 468 g/mol. The van der Waals surface area contributed by atoms with Gasteiger partial charge in [0.2, 0.25) is 5.91 Å². The SMILES string of the molecule is COc1cc(Cl)c(C)cc1NC(=O)CSc1nc(-c2ccc(Br)cc2)cs1. The highest BCUT2D eigenvalue weighted by atomic mass is 79.9. The number of carbonyl (C=O) groups excluding carboxylic acids is 1. The number of hydrogen-bond donors (Lipinski definition) is 1. The van der Waals surface area contributed by atoms with Crippen LogP contribution < -0.4 is 10.1 Å². The fraction of sp³-hybridized carbons (Fsp3) is 0.158. The molecule has 0 aliphatic heterocycles. The molecule has 0 unspecified atom stereocenters. The van der Waals surface area contributed by atoms with Crippen molar-refractivity contribution in [3.63, 3.8) is 0 Å². The van der Waals surface area contributed by atoms with E-state index in [1.54, 1.807) is 19.2 Å². The number of amides is 1. The molecule has 3 rings (SSSR count). The first-order chi connectivity index (χ1) is 13.0. The van der Waals surface area contributed by atoms with Crippen LogP contribution in [-0.4, -0.2) is 23.8 Å². The average molecular weight is 484 g/mol. The first kappa shape index (κ1) is 20.2. The summed E-state index contributed by atoms with van der Waals surface area (Å²) in [5.74, 6) is 0.675. The van der Waals surface area contributed by atoms with Crippen molar-refractivity contribution in [2.24, 2.45) is 0 Å². The number of carbonyl (C=O) groups is 1. The fourth-order valence-corrected chi connectivity index (χ4v) is 4.37. The second-order valence-electron chi connectivity index (χ2n) is 5.64. The molecule has 0 aliphatic rings. The summed E-state index contributed by atoms with van der Waals surface area (Å²) < 4.78 is 7.16. The number of thiazole rings is 1. The van der Waals surface area contributed by atoms with E-state index in [1.807, 2.05) is 36.6 Å². The normalized spacial score (nSPS) is 10.7. The topological polar surface area (TPSA) is 51.2 Å². The molecule has 140 valence electrons. The standard InChI is InChI=1S/C19H16BrClN2O2S2/c1-11-7-15(17(25-2)8-14(11)21)22-18(24)10-27-19-23-16(9-26-19)12-3-5-13(20)6-4-12/h3-9H,10H2,1-2H3,(H,22,24). The first-order valence-corrected chi connectivity index (χ1v) is 11.0. The van der Waals surface area contributed by atoms with Crippen LogP contribution in [0.2, 0.25) is 5.02 Å². The van der Waals surface area contributed by atoms with Crippen molar-refractivity contribution >= 4 is 62.2 Å². The lowest BCUT2D eigenvalue weighted by Crippen LogP contribution is -2.14. The van der Waals surface area contributed by atoms with Gasteiger partial charge in [-0.3, -0.25) is 4.79 Å². The van der Waals surface area contributed by atoms with Crippen LogP contribution in [0.1, 0.15) is 5.56 Å². The lowest BCUT2D eigenvalue weighted by molar-refractivity contribution is -0.113. The van der Waals surface area contributed by atoms with Gasteiger partial charge in [-0.15, -0.1) is 11.3 Å². The van der Waals surface area contributed by atoms with E-state index in [2.05, 4.69) is 26.2 Å². The van der Waals surface area contributed by atoms with Gasteiger partial charge in [0.1, 0.15) is 5.75 Å². The molecule has 0 radical (unpaired) electrons. The van der Waals surface area contributed by atoms with E-state index >= 15 is 0 Å². The molecule has 0 saturated heterocycles. The van der Waals surface area contributed by atoms with Gasteiger partial charge >= 0.3 is 0 Å². The van der Waals surface area contributed by atoms with Crippen molar-refractivity contribution in [1.82, 2.24) is 4.98 Å². The van der Waals surface area contributed by atoms with Gasteiger partial charge in [0.25, 0.3) is 0 Å². The van der Waals surface area contributed by atoms with Crippen LogP contribution in [0, 0.1) is 6.92 Å². The van der Waals surface area contributed by atoms with Crippen LogP contribution in [-0.2, 0) is 4.79 Å². The number of benzene rings is 2. The maximum atomic E-state index is 12.3. The molecule has 1 N–H and O–H groups in total. The number of hydrogen-bond acceptors (Lipinski definition) is 5. The van der Waals surface area contributed by atoms with Crippen molar-refractivity contribution in [3.05, 3.63) is 56.8 Å². The van der Waals surface area contributed by atoms with E-state index in [-0.39, 0.29) is 11.7 Å². The van der Waals surface area contributed by atoms with Gasteiger partial charge < -0.3 is 10.1 Å². The summed E-state index contributed by atoms with van der Waals surface area (Å²) in [6.07, 6.45) is 0. The van der Waals surface area contributed by atoms with Gasteiger partial charge in [-0.2, -0.15) is 0 Å². The van der Waals surface area contributed by atoms with Crippen LogP contribution in [0.15, 0.2) is 50.6 Å². The average Bonchev–Trinajstić information content (AvgIpc) is 3.12. The van der Waals surface area contributed by atoms with Crippen molar-refractivity contribution in [3.8, 4) is 17.0 Å². The monoisotopic (exact) mass is 482 g/mol. The Bertz CT molecular complexity index is 961. The maximum Gasteiger partial charge on any atom is 0.234 e. The number of rotatable bonds is 6. The van der Waals surface area contributed by atoms with Crippen molar-refractivity contribution in [1.29, 1.82) is 0 Å². The second kappa shape index (κ2) is 9.10. The number of methoxy groups -OCH3 is 1. The highest BCUT2D eigenvalue weighted by molar-refractivity contribution is 9.10. The van der Waals surface area contributed by atoms with Crippen LogP contribution in [0.4, 0.5) is 5.69 Å². The highest BCUT2D eigenvalue weighted by Crippen LogP contribution is 2.32. The fourth-order valence-electron chi connectivity index (χ4n) is 2.32. The minimum atomic E-state index is -0.125. The number of thioether (sulfide) groups is 1. The smallest absolute Gasteiger partial charge is 0.234 e. The van der Waals surface area contributed by atoms with Gasteiger partial charge in [-0.05, 0) is 30.7 Å². The Morgan fingerprint density at radius 3 is 2.78 bits per heavy atom. The number of nitrogens with zero attached hydrogens (tertiary/aromatic N) is 1. The molecule has 0 atom stereocenters. The zero-order valence-electron chi connectivity index (χ0n) is 14.6. The number of nitrogens with one attached hydrogen (secondary N) is 1. The van der Waals surface area contributed by atoms with Crippen molar-refractivity contribution in [2.75, 3.05) is 18.2 Å². The second-order valence-corrected chi connectivity index (χ2v) is 9.05. The molecule has 27 heavy (non-hydrogen) atoms. The molecule has 0 aliphatic carbocycles. The summed E-state index contributed by atoms with van der Waals surface area (Å²) in [7, 11) is 1.55. The van der Waals surface area contributed by atoms with E-state index in [0.717, 1.165) is 25.6 Å². The Morgan fingerprint density at radius 1 is 1.33 bits per heavy atom. The Balaban J connectivity index is 1.62. The van der Waals surface area contributed by atoms with Gasteiger partial charge in [0.05, 0.1) is 24.2 Å². The van der Waals surface area contributed by atoms with E-state index in [1.165, 1.54) is 23.1 Å². The summed E-state index contributed by atoms with van der Waals surface area (Å²) in [4.78, 5) is 16.9. The van der Waals surface area contributed by atoms with E-state index < -0.39 is 0 Å². The molecular formula is C19H16BrClN2O2S2. The summed E-state index contributed by atoms with van der Waals surface area (Å²) in [5, 5.41) is 5.47. The largest absolute Gasteiger partial charge is 0.495 e. The minimum absolute atomic E-state index is 0.125. The molecule has 0 spiro atoms. The Kier molecular flexibility index (Phi) is 6.81. The summed E-state index contributed by atoms with van der Waals surface area (Å²) >= 11 is 12.5. The predicted octanol–water partition coefficient (Wildman–Crippen LogP) is 6.27. The molecule has 1 aromatic heterocycles. The highest BCUT2D eigenvalue weighted by Gasteiger charge is 2.12. The van der Waals surface area contributed by atoms with Crippen LogP contribution >= 0.6 is 50.6 Å². The third-order valence-electron chi connectivity index (χ3n) is 3.70. The number of ether oxygens (including phenoxy) is 1. The Labute approximate surface area is 179 Å². The molecule has 2 aromatic carbocycles. The molecule has 4 nitrogen and oxygen atoms in total. The summed E-state index contributed by atoms with van der Waals surface area (Å²) in [5.41, 5.74) is 3.44. The minimum Gasteiger partial charge on any atom is -0.495 e. The molecule has 1 amide bonds. The van der Waals surface area contributed by atoms with E-state index in [0.29, 0.717) is 16.5 Å². The molecule has 0 bridgehead atoms. The van der Waals surface area contributed by atoms with Gasteiger partial charge in [0, 0.05) is 26.5 Å². The van der Waals surface area contributed by atoms with Gasteiger partial charge in [-0.25, -0.2) is 4.98 Å². The lowest BCUT2D eigenvalue weighted by Gasteiger charge is -2.12. The molecule has 0 fully saturated rings. The predicted molar refractivity (Wildman–Crippen MR) is 117 cm³/mol. The van der Waals surface area contributed by atoms with Crippen LogP contribution in [0.25, 0.3) is 11.3 Å². The third-order valence-corrected chi connectivity index (χ3v) is 6.66. The molecule has 8 heteroatoms. The van der Waals surface area contributed by atoms with E-state index in [9.17, 15) is 4.79 Å². The van der Waals surface area contributed by atoms with Crippen molar-refractivity contribution in [2.45, 2.75) is 11.3 Å². The molecule has 3 aromatic rings. The quantitative estimate of drug-likeness (QED) is 0.420. The zero-order chi connectivity index (χ0) is 19.4. The number of aromatic nitrogens is 1. The Morgan fingerprint density at radius 2 is 2.07 bits per heavy atom. The molecule has 0 saturated carbocycles. The van der Waals surface area contributed by atoms with E-state index in [4.69, 9.17) is 16.3 Å². The van der Waals surface area contributed by atoms with Crippen LogP contribution in [0.5, 0.6) is 5.75 Å². The summed E-state index contributed by atoms with van der Waals surface area (Å²) in [6.45, 7) is 1.88. The maximum absolute atomic E-state index is 12.3. The first-order valence-electron chi connectivity index (χ1n) is 7.94. The zero-order valence-corrected chi connectivity index (χ0v) is 18.6. The van der Waals surface area contributed by atoms with Crippen LogP contribution in [0.3, 0.4) is 0 Å². The number of anilines is 1.